The van der Waals surface area contributed by atoms with Crippen molar-refractivity contribution in [2.45, 2.75) is 64.0 Å². The summed E-state index contributed by atoms with van der Waals surface area (Å²) in [6.45, 7) is 6.92. The van der Waals surface area contributed by atoms with E-state index in [1.807, 2.05) is 16.7 Å². The van der Waals surface area contributed by atoms with Gasteiger partial charge in [0.25, 0.3) is 5.79 Å². The van der Waals surface area contributed by atoms with E-state index in [4.69, 9.17) is 25.8 Å². The van der Waals surface area contributed by atoms with Crippen LogP contribution in [0.5, 0.6) is 11.5 Å². The molecule has 1 aromatic heterocycles. The summed E-state index contributed by atoms with van der Waals surface area (Å²) in [5.74, 6) is -0.455. The number of hydrogen-bond acceptors (Lipinski definition) is 6. The van der Waals surface area contributed by atoms with Crippen LogP contribution < -0.4 is 9.47 Å². The highest BCUT2D eigenvalue weighted by Gasteiger charge is 2.43. The van der Waals surface area contributed by atoms with Crippen LogP contribution in [0.1, 0.15) is 65.2 Å². The standard InChI is InChI=1S/C29H31ClFN3O5/c1-17-26(28(35)36)34(15-20-10-13-37-20)25(32-17)16-33-11-8-18(9-12-33)21-4-3-5-24-27(21)39-29(2,38-24)22-7-6-19(30)14-23(22)31/h3-7,14,18,20H,8-13,15-16H2,1-2H3,(H,35,36). The number of aromatic nitrogens is 2. The molecule has 4 heterocycles. The Bertz CT molecular complexity index is 1420. The molecule has 0 spiro atoms. The molecule has 1 N–H and O–H groups in total. The molecule has 0 radical (unpaired) electrons. The van der Waals surface area contributed by atoms with Crippen molar-refractivity contribution in [3.05, 3.63) is 75.6 Å². The number of carboxylic acid groups (broad SMARTS) is 1. The van der Waals surface area contributed by atoms with E-state index >= 15 is 0 Å². The normalized spacial score (nSPS) is 23.1. The van der Waals surface area contributed by atoms with Crippen LogP contribution >= 0.6 is 11.6 Å². The zero-order chi connectivity index (χ0) is 27.3. The number of fused-ring (bicyclic) bond motifs is 1. The van der Waals surface area contributed by atoms with Gasteiger partial charge in [-0.1, -0.05) is 23.7 Å². The van der Waals surface area contributed by atoms with Crippen molar-refractivity contribution in [3.63, 3.8) is 0 Å². The minimum atomic E-state index is -1.28. The van der Waals surface area contributed by atoms with Gasteiger partial charge < -0.3 is 23.9 Å². The van der Waals surface area contributed by atoms with Crippen LogP contribution in [0.25, 0.3) is 0 Å². The molecule has 3 aliphatic rings. The van der Waals surface area contributed by atoms with Crippen molar-refractivity contribution in [3.8, 4) is 11.5 Å². The fraction of sp³-hybridized carbons (Fsp3) is 0.448. The van der Waals surface area contributed by atoms with E-state index in [2.05, 4.69) is 16.0 Å². The van der Waals surface area contributed by atoms with Crippen LogP contribution in [0.2, 0.25) is 5.02 Å². The van der Waals surface area contributed by atoms with E-state index in [-0.39, 0.29) is 17.7 Å². The van der Waals surface area contributed by atoms with Gasteiger partial charge in [0.1, 0.15) is 17.3 Å². The highest BCUT2D eigenvalue weighted by atomic mass is 35.5. The molecule has 2 fully saturated rings. The van der Waals surface area contributed by atoms with Crippen LogP contribution in [-0.2, 0) is 23.6 Å². The maximum Gasteiger partial charge on any atom is 0.354 e. The third kappa shape index (κ3) is 4.88. The molecule has 0 bridgehead atoms. The maximum absolute atomic E-state index is 14.7. The number of benzene rings is 2. The van der Waals surface area contributed by atoms with Crippen LogP contribution in [0.3, 0.4) is 0 Å². The van der Waals surface area contributed by atoms with Gasteiger partial charge in [-0.05, 0) is 69.5 Å². The summed E-state index contributed by atoms with van der Waals surface area (Å²) in [6, 6.07) is 10.3. The Hall–Kier alpha value is -3.14. The Labute approximate surface area is 231 Å². The minimum Gasteiger partial charge on any atom is -0.477 e. The zero-order valence-electron chi connectivity index (χ0n) is 22.0. The van der Waals surface area contributed by atoms with E-state index in [1.165, 1.54) is 6.07 Å². The monoisotopic (exact) mass is 555 g/mol. The molecule has 0 aliphatic carbocycles. The number of hydrogen-bond donors (Lipinski definition) is 1. The largest absolute Gasteiger partial charge is 0.477 e. The predicted molar refractivity (Wildman–Crippen MR) is 142 cm³/mol. The van der Waals surface area contributed by atoms with E-state index in [0.29, 0.717) is 40.9 Å². The number of imidazole rings is 1. The number of aromatic carboxylic acids is 1. The van der Waals surface area contributed by atoms with Crippen molar-refractivity contribution in [2.75, 3.05) is 19.7 Å². The van der Waals surface area contributed by atoms with Gasteiger partial charge >= 0.3 is 5.97 Å². The first-order chi connectivity index (χ1) is 18.7. The summed E-state index contributed by atoms with van der Waals surface area (Å²) >= 11 is 5.95. The molecule has 0 saturated carbocycles. The fourth-order valence-electron chi connectivity index (χ4n) is 5.89. The molecule has 206 valence electrons. The summed E-state index contributed by atoms with van der Waals surface area (Å²) in [4.78, 5) is 18.9. The molecule has 2 unspecified atom stereocenters. The Morgan fingerprint density at radius 2 is 1.97 bits per heavy atom. The molecular formula is C29H31ClFN3O5. The lowest BCUT2D eigenvalue weighted by molar-refractivity contribution is -0.0712. The third-order valence-electron chi connectivity index (χ3n) is 8.03. The molecule has 2 aromatic carbocycles. The molecule has 3 aliphatic heterocycles. The number of ether oxygens (including phenoxy) is 3. The summed E-state index contributed by atoms with van der Waals surface area (Å²) in [6.07, 6.45) is 2.75. The molecule has 10 heteroatoms. The van der Waals surface area contributed by atoms with Crippen molar-refractivity contribution in [1.82, 2.24) is 14.5 Å². The van der Waals surface area contributed by atoms with Gasteiger partial charge in [-0.2, -0.15) is 0 Å². The van der Waals surface area contributed by atoms with Gasteiger partial charge in [0.2, 0.25) is 0 Å². The van der Waals surface area contributed by atoms with Crippen LogP contribution in [0.4, 0.5) is 4.39 Å². The first-order valence-corrected chi connectivity index (χ1v) is 13.7. The lowest BCUT2D eigenvalue weighted by Gasteiger charge is -2.33. The number of carbonyl (C=O) groups is 1. The predicted octanol–water partition coefficient (Wildman–Crippen LogP) is 5.49. The lowest BCUT2D eigenvalue weighted by Crippen LogP contribution is -2.36. The van der Waals surface area contributed by atoms with Gasteiger partial charge in [0.05, 0.1) is 30.5 Å². The van der Waals surface area contributed by atoms with Gasteiger partial charge in [-0.25, -0.2) is 14.2 Å². The molecule has 6 rings (SSSR count). The number of carboxylic acids is 1. The molecule has 2 atom stereocenters. The topological polar surface area (TPSA) is 86.0 Å². The zero-order valence-corrected chi connectivity index (χ0v) is 22.7. The first-order valence-electron chi connectivity index (χ1n) is 13.3. The van der Waals surface area contributed by atoms with E-state index < -0.39 is 17.6 Å². The van der Waals surface area contributed by atoms with Gasteiger partial charge in [-0.15, -0.1) is 0 Å². The molecule has 2 saturated heterocycles. The molecule has 3 aromatic rings. The summed E-state index contributed by atoms with van der Waals surface area (Å²) < 4.78 is 34.6. The van der Waals surface area contributed by atoms with E-state index in [0.717, 1.165) is 50.3 Å². The number of likely N-dealkylation sites (tertiary alicyclic amines) is 1. The molecule has 8 nitrogen and oxygen atoms in total. The summed E-state index contributed by atoms with van der Waals surface area (Å²) in [5, 5.41) is 10.1. The summed E-state index contributed by atoms with van der Waals surface area (Å²) in [5.41, 5.74) is 2.12. The number of para-hydroxylation sites is 1. The van der Waals surface area contributed by atoms with Gasteiger partial charge in [0.15, 0.2) is 11.5 Å². The second-order valence-corrected chi connectivity index (χ2v) is 11.1. The van der Waals surface area contributed by atoms with Gasteiger partial charge in [0, 0.05) is 24.1 Å². The Morgan fingerprint density at radius 3 is 2.64 bits per heavy atom. The molecule has 0 amide bonds. The Morgan fingerprint density at radius 1 is 1.21 bits per heavy atom. The minimum absolute atomic E-state index is 0.0376. The smallest absolute Gasteiger partial charge is 0.354 e. The van der Waals surface area contributed by atoms with Crippen molar-refractivity contribution < 1.29 is 28.5 Å². The highest BCUT2D eigenvalue weighted by Crippen LogP contribution is 2.49. The molecular weight excluding hydrogens is 525 g/mol. The Balaban J connectivity index is 1.16. The highest BCUT2D eigenvalue weighted by molar-refractivity contribution is 6.30. The quantitative estimate of drug-likeness (QED) is 0.412. The maximum atomic E-state index is 14.7. The third-order valence-corrected chi connectivity index (χ3v) is 8.26. The van der Waals surface area contributed by atoms with Crippen LogP contribution in [-0.4, -0.2) is 51.3 Å². The first kappa shape index (κ1) is 26.1. The summed E-state index contributed by atoms with van der Waals surface area (Å²) in [7, 11) is 0. The second kappa shape index (κ2) is 10.1. The van der Waals surface area contributed by atoms with E-state index in [9.17, 15) is 14.3 Å². The van der Waals surface area contributed by atoms with Crippen LogP contribution in [0, 0.1) is 12.7 Å². The Kier molecular flexibility index (Phi) is 6.77. The van der Waals surface area contributed by atoms with Gasteiger partial charge in [-0.3, -0.25) is 4.90 Å². The SMILES string of the molecule is Cc1nc(CN2CCC(c3cccc4c3OC(C)(c3ccc(Cl)cc3F)O4)CC2)n(CC2CCO2)c1C(=O)O. The number of halogens is 2. The average Bonchev–Trinajstić information content (AvgIpc) is 3.37. The number of nitrogens with zero attached hydrogens (tertiary/aromatic N) is 3. The molecule has 39 heavy (non-hydrogen) atoms. The number of rotatable bonds is 7. The van der Waals surface area contributed by atoms with Crippen molar-refractivity contribution in [1.29, 1.82) is 0 Å². The average molecular weight is 556 g/mol. The van der Waals surface area contributed by atoms with E-state index in [1.54, 1.807) is 26.0 Å². The van der Waals surface area contributed by atoms with Crippen molar-refractivity contribution >= 4 is 17.6 Å². The lowest BCUT2D eigenvalue weighted by atomic mass is 9.88. The fourth-order valence-corrected chi connectivity index (χ4v) is 6.05. The second-order valence-electron chi connectivity index (χ2n) is 10.7. The number of piperidine rings is 1. The number of aryl methyl sites for hydroxylation is 1. The van der Waals surface area contributed by atoms with Crippen LogP contribution in [0.15, 0.2) is 36.4 Å². The van der Waals surface area contributed by atoms with Crippen molar-refractivity contribution in [2.24, 2.45) is 0 Å².